The van der Waals surface area contributed by atoms with Crippen LogP contribution in [0.3, 0.4) is 0 Å². The van der Waals surface area contributed by atoms with Crippen molar-refractivity contribution in [3.05, 3.63) is 46.7 Å². The monoisotopic (exact) mass is 392 g/mol. The standard InChI is InChI=1S/C17H21BrN4O2/c18-15-12-20-22(13-15)16-4-2-14(3-5-16)17(23)19-6-1-7-21-8-10-24-11-9-21/h2-5,12-13H,1,6-11H2,(H,19,23). The smallest absolute Gasteiger partial charge is 0.251 e. The van der Waals surface area contributed by atoms with E-state index < -0.39 is 0 Å². The molecule has 0 spiro atoms. The molecular weight excluding hydrogens is 372 g/mol. The van der Waals surface area contributed by atoms with Crippen LogP contribution in [0, 0.1) is 0 Å². The van der Waals surface area contributed by atoms with Gasteiger partial charge in [-0.3, -0.25) is 9.69 Å². The first-order chi connectivity index (χ1) is 11.7. The van der Waals surface area contributed by atoms with Crippen molar-refractivity contribution in [2.45, 2.75) is 6.42 Å². The molecule has 2 aromatic rings. The summed E-state index contributed by atoms with van der Waals surface area (Å²) in [5.74, 6) is -0.0369. The lowest BCUT2D eigenvalue weighted by Crippen LogP contribution is -2.38. The molecule has 7 heteroatoms. The normalized spacial score (nSPS) is 15.4. The summed E-state index contributed by atoms with van der Waals surface area (Å²) in [6.07, 6.45) is 4.56. The summed E-state index contributed by atoms with van der Waals surface area (Å²) in [7, 11) is 0. The van der Waals surface area contributed by atoms with Crippen molar-refractivity contribution >= 4 is 21.8 Å². The fraction of sp³-hybridized carbons (Fsp3) is 0.412. The van der Waals surface area contributed by atoms with Crippen molar-refractivity contribution < 1.29 is 9.53 Å². The zero-order valence-corrected chi connectivity index (χ0v) is 15.0. The minimum atomic E-state index is -0.0369. The van der Waals surface area contributed by atoms with Crippen molar-refractivity contribution in [1.29, 1.82) is 0 Å². The number of hydrogen-bond donors (Lipinski definition) is 1. The maximum absolute atomic E-state index is 12.2. The predicted octanol–water partition coefficient (Wildman–Crippen LogP) is 2.09. The molecule has 0 atom stereocenters. The lowest BCUT2D eigenvalue weighted by atomic mass is 10.2. The van der Waals surface area contributed by atoms with Crippen LogP contribution >= 0.6 is 15.9 Å². The van der Waals surface area contributed by atoms with E-state index in [1.807, 2.05) is 30.5 Å². The fourth-order valence-corrected chi connectivity index (χ4v) is 2.92. The lowest BCUT2D eigenvalue weighted by Gasteiger charge is -2.26. The SMILES string of the molecule is O=C(NCCCN1CCOCC1)c1ccc(-n2cc(Br)cn2)cc1. The van der Waals surface area contributed by atoms with Crippen LogP contribution < -0.4 is 5.32 Å². The Morgan fingerprint density at radius 1 is 1.25 bits per heavy atom. The molecule has 1 aliphatic rings. The molecule has 0 unspecified atom stereocenters. The van der Waals surface area contributed by atoms with Gasteiger partial charge in [0.1, 0.15) is 0 Å². The largest absolute Gasteiger partial charge is 0.379 e. The number of morpholine rings is 1. The molecule has 1 aromatic carbocycles. The Bertz CT molecular complexity index is 665. The molecule has 1 saturated heterocycles. The second-order valence-corrected chi connectivity index (χ2v) is 6.63. The summed E-state index contributed by atoms with van der Waals surface area (Å²) in [6, 6.07) is 7.43. The number of carbonyl (C=O) groups is 1. The molecule has 0 saturated carbocycles. The van der Waals surface area contributed by atoms with Gasteiger partial charge >= 0.3 is 0 Å². The molecule has 0 bridgehead atoms. The third-order valence-electron chi connectivity index (χ3n) is 3.99. The zero-order valence-electron chi connectivity index (χ0n) is 13.4. The molecule has 128 valence electrons. The van der Waals surface area contributed by atoms with E-state index in [-0.39, 0.29) is 5.91 Å². The number of carbonyl (C=O) groups excluding carboxylic acids is 1. The number of halogens is 1. The second kappa shape index (κ2) is 8.41. The van der Waals surface area contributed by atoms with Crippen molar-refractivity contribution in [3.63, 3.8) is 0 Å². The average molecular weight is 393 g/mol. The lowest BCUT2D eigenvalue weighted by molar-refractivity contribution is 0.0374. The molecule has 1 amide bonds. The number of amides is 1. The van der Waals surface area contributed by atoms with Crippen LogP contribution in [-0.2, 0) is 4.74 Å². The molecule has 2 heterocycles. The Kier molecular flexibility index (Phi) is 6.01. The fourth-order valence-electron chi connectivity index (χ4n) is 2.64. The van der Waals surface area contributed by atoms with Gasteiger partial charge in [0.2, 0.25) is 0 Å². The molecular formula is C17H21BrN4O2. The van der Waals surface area contributed by atoms with Gasteiger partial charge in [-0.2, -0.15) is 5.10 Å². The van der Waals surface area contributed by atoms with E-state index in [9.17, 15) is 4.79 Å². The topological polar surface area (TPSA) is 59.4 Å². The van der Waals surface area contributed by atoms with Gasteiger partial charge in [0.25, 0.3) is 5.91 Å². The van der Waals surface area contributed by atoms with E-state index in [1.54, 1.807) is 10.9 Å². The van der Waals surface area contributed by atoms with Crippen molar-refractivity contribution in [2.75, 3.05) is 39.4 Å². The maximum Gasteiger partial charge on any atom is 0.251 e. The van der Waals surface area contributed by atoms with E-state index in [0.29, 0.717) is 12.1 Å². The summed E-state index contributed by atoms with van der Waals surface area (Å²) in [6.45, 7) is 5.27. The zero-order chi connectivity index (χ0) is 16.8. The summed E-state index contributed by atoms with van der Waals surface area (Å²) in [5.41, 5.74) is 1.58. The number of aromatic nitrogens is 2. The number of nitrogens with one attached hydrogen (secondary N) is 1. The highest BCUT2D eigenvalue weighted by Gasteiger charge is 2.10. The quantitative estimate of drug-likeness (QED) is 0.764. The Morgan fingerprint density at radius 2 is 2.00 bits per heavy atom. The van der Waals surface area contributed by atoms with Gasteiger partial charge in [-0.1, -0.05) is 0 Å². The predicted molar refractivity (Wildman–Crippen MR) is 95.5 cm³/mol. The van der Waals surface area contributed by atoms with Gasteiger partial charge < -0.3 is 10.1 Å². The average Bonchev–Trinajstić information content (AvgIpc) is 3.06. The molecule has 3 rings (SSSR count). The van der Waals surface area contributed by atoms with Gasteiger partial charge in [0.05, 0.1) is 29.6 Å². The van der Waals surface area contributed by atoms with E-state index in [2.05, 4.69) is 31.2 Å². The molecule has 1 aromatic heterocycles. The summed E-state index contributed by atoms with van der Waals surface area (Å²) in [5, 5.41) is 7.20. The van der Waals surface area contributed by atoms with E-state index >= 15 is 0 Å². The van der Waals surface area contributed by atoms with Crippen LogP contribution in [0.2, 0.25) is 0 Å². The molecule has 1 fully saturated rings. The third-order valence-corrected chi connectivity index (χ3v) is 4.40. The van der Waals surface area contributed by atoms with Crippen LogP contribution in [0.25, 0.3) is 5.69 Å². The highest BCUT2D eigenvalue weighted by molar-refractivity contribution is 9.10. The minimum absolute atomic E-state index is 0.0369. The Balaban J connectivity index is 1.44. The van der Waals surface area contributed by atoms with Crippen LogP contribution in [-0.4, -0.2) is 60.0 Å². The summed E-state index contributed by atoms with van der Waals surface area (Å²) < 4.78 is 8.00. The van der Waals surface area contributed by atoms with Gasteiger partial charge in [0.15, 0.2) is 0 Å². The number of benzene rings is 1. The van der Waals surface area contributed by atoms with Crippen LogP contribution in [0.15, 0.2) is 41.1 Å². The van der Waals surface area contributed by atoms with Crippen molar-refractivity contribution in [2.24, 2.45) is 0 Å². The van der Waals surface area contributed by atoms with Gasteiger partial charge in [-0.05, 0) is 53.2 Å². The second-order valence-electron chi connectivity index (χ2n) is 5.71. The van der Waals surface area contributed by atoms with E-state index in [4.69, 9.17) is 4.74 Å². The summed E-state index contributed by atoms with van der Waals surface area (Å²) >= 11 is 3.37. The molecule has 0 aliphatic carbocycles. The Hall–Kier alpha value is -1.70. The van der Waals surface area contributed by atoms with Gasteiger partial charge in [-0.25, -0.2) is 4.68 Å². The third kappa shape index (κ3) is 4.66. The van der Waals surface area contributed by atoms with E-state index in [1.165, 1.54) is 0 Å². The van der Waals surface area contributed by atoms with Crippen molar-refractivity contribution in [3.8, 4) is 5.69 Å². The van der Waals surface area contributed by atoms with Crippen LogP contribution in [0.4, 0.5) is 0 Å². The number of rotatable bonds is 6. The molecule has 0 radical (unpaired) electrons. The molecule has 6 nitrogen and oxygen atoms in total. The number of nitrogens with zero attached hydrogens (tertiary/aromatic N) is 3. The van der Waals surface area contributed by atoms with Crippen LogP contribution in [0.5, 0.6) is 0 Å². The molecule has 1 N–H and O–H groups in total. The van der Waals surface area contributed by atoms with E-state index in [0.717, 1.165) is 49.4 Å². The van der Waals surface area contributed by atoms with Gasteiger partial charge in [-0.15, -0.1) is 0 Å². The Labute approximate surface area is 149 Å². The first kappa shape index (κ1) is 17.1. The van der Waals surface area contributed by atoms with Crippen molar-refractivity contribution in [1.82, 2.24) is 20.0 Å². The molecule has 24 heavy (non-hydrogen) atoms. The highest BCUT2D eigenvalue weighted by atomic mass is 79.9. The first-order valence-corrected chi connectivity index (χ1v) is 8.90. The first-order valence-electron chi connectivity index (χ1n) is 8.11. The number of hydrogen-bond acceptors (Lipinski definition) is 4. The summed E-state index contributed by atoms with van der Waals surface area (Å²) in [4.78, 5) is 14.5. The number of ether oxygens (including phenoxy) is 1. The Morgan fingerprint density at radius 3 is 2.67 bits per heavy atom. The molecule has 1 aliphatic heterocycles. The maximum atomic E-state index is 12.2. The van der Waals surface area contributed by atoms with Gasteiger partial charge in [0, 0.05) is 31.4 Å². The minimum Gasteiger partial charge on any atom is -0.379 e. The van der Waals surface area contributed by atoms with Crippen LogP contribution in [0.1, 0.15) is 16.8 Å². The highest BCUT2D eigenvalue weighted by Crippen LogP contribution is 2.13.